The lowest BCUT2D eigenvalue weighted by Crippen LogP contribution is -1.97. The third kappa shape index (κ3) is 5.70. The SMILES string of the molecule is CC/C(=C(\c1ccc(/C=C/C(=O)O)cc1)c1ccc(OCc2ccno2)cc1)c1ccccc1. The highest BCUT2D eigenvalue weighted by molar-refractivity contribution is 5.98. The summed E-state index contributed by atoms with van der Waals surface area (Å²) in [4.78, 5) is 10.8. The summed E-state index contributed by atoms with van der Waals surface area (Å²) in [6.45, 7) is 2.47. The number of rotatable bonds is 9. The molecule has 0 radical (unpaired) electrons. The van der Waals surface area contributed by atoms with E-state index < -0.39 is 5.97 Å². The maximum atomic E-state index is 10.8. The monoisotopic (exact) mass is 451 g/mol. The number of aliphatic carboxylic acids is 1. The van der Waals surface area contributed by atoms with Gasteiger partial charge in [0.05, 0.1) is 6.20 Å². The summed E-state index contributed by atoms with van der Waals surface area (Å²) in [7, 11) is 0. The molecule has 1 heterocycles. The Kier molecular flexibility index (Phi) is 7.35. The van der Waals surface area contributed by atoms with Crippen molar-refractivity contribution in [2.45, 2.75) is 20.0 Å². The van der Waals surface area contributed by atoms with Crippen LogP contribution in [0.15, 0.2) is 102 Å². The van der Waals surface area contributed by atoms with Gasteiger partial charge < -0.3 is 14.4 Å². The molecule has 5 heteroatoms. The van der Waals surface area contributed by atoms with E-state index in [1.54, 1.807) is 18.3 Å². The molecule has 0 aliphatic heterocycles. The standard InChI is InChI=1S/C29H25NO4/c1-2-27(22-6-4-3-5-7-22)29(23-11-8-21(9-12-23)10-17-28(31)32)24-13-15-25(16-14-24)33-20-26-18-19-30-34-26/h3-19H,2,20H2,1H3,(H,31,32)/b17-10+,29-27-. The molecule has 3 aromatic carbocycles. The quantitative estimate of drug-likeness (QED) is 0.226. The van der Waals surface area contributed by atoms with Crippen LogP contribution in [-0.4, -0.2) is 16.2 Å². The third-order valence-electron chi connectivity index (χ3n) is 5.41. The zero-order valence-corrected chi connectivity index (χ0v) is 18.8. The first kappa shape index (κ1) is 22.8. The summed E-state index contributed by atoms with van der Waals surface area (Å²) < 4.78 is 10.9. The number of hydrogen-bond donors (Lipinski definition) is 1. The average molecular weight is 452 g/mol. The van der Waals surface area contributed by atoms with E-state index in [2.05, 4.69) is 36.3 Å². The minimum absolute atomic E-state index is 0.317. The Hall–Kier alpha value is -4.38. The van der Waals surface area contributed by atoms with Crippen molar-refractivity contribution in [3.63, 3.8) is 0 Å². The van der Waals surface area contributed by atoms with Crippen molar-refractivity contribution in [3.05, 3.63) is 125 Å². The predicted molar refractivity (Wildman–Crippen MR) is 133 cm³/mol. The zero-order valence-electron chi connectivity index (χ0n) is 18.8. The largest absolute Gasteiger partial charge is 0.486 e. The van der Waals surface area contributed by atoms with Crippen molar-refractivity contribution in [2.75, 3.05) is 0 Å². The highest BCUT2D eigenvalue weighted by atomic mass is 16.5. The van der Waals surface area contributed by atoms with Gasteiger partial charge in [-0.25, -0.2) is 4.79 Å². The minimum atomic E-state index is -0.965. The van der Waals surface area contributed by atoms with E-state index >= 15 is 0 Å². The fraction of sp³-hybridized carbons (Fsp3) is 0.103. The van der Waals surface area contributed by atoms with Gasteiger partial charge in [0.2, 0.25) is 0 Å². The number of carboxylic acid groups (broad SMARTS) is 1. The molecule has 34 heavy (non-hydrogen) atoms. The predicted octanol–water partition coefficient (Wildman–Crippen LogP) is 6.72. The van der Waals surface area contributed by atoms with Crippen molar-refractivity contribution < 1.29 is 19.2 Å². The maximum Gasteiger partial charge on any atom is 0.328 e. The summed E-state index contributed by atoms with van der Waals surface area (Å²) in [5.74, 6) is 0.443. The average Bonchev–Trinajstić information content (AvgIpc) is 3.40. The molecule has 0 unspecified atom stereocenters. The van der Waals surface area contributed by atoms with Crippen LogP contribution in [0.5, 0.6) is 5.75 Å². The summed E-state index contributed by atoms with van der Waals surface area (Å²) in [5.41, 5.74) is 6.49. The van der Waals surface area contributed by atoms with Gasteiger partial charge in [0, 0.05) is 12.1 Å². The van der Waals surface area contributed by atoms with Crippen molar-refractivity contribution in [1.29, 1.82) is 0 Å². The fourth-order valence-electron chi connectivity index (χ4n) is 3.80. The molecule has 170 valence electrons. The molecule has 0 fully saturated rings. The molecular formula is C29H25NO4. The lowest BCUT2D eigenvalue weighted by atomic mass is 9.88. The minimum Gasteiger partial charge on any atom is -0.486 e. The zero-order chi connectivity index (χ0) is 23.8. The van der Waals surface area contributed by atoms with E-state index in [1.165, 1.54) is 11.1 Å². The third-order valence-corrected chi connectivity index (χ3v) is 5.41. The molecule has 1 N–H and O–H groups in total. The van der Waals surface area contributed by atoms with E-state index in [-0.39, 0.29) is 0 Å². The molecule has 5 nitrogen and oxygen atoms in total. The Morgan fingerprint density at radius 1 is 0.912 bits per heavy atom. The van der Waals surface area contributed by atoms with Crippen LogP contribution < -0.4 is 4.74 Å². The molecule has 0 saturated carbocycles. The first-order chi connectivity index (χ1) is 16.6. The smallest absolute Gasteiger partial charge is 0.328 e. The van der Waals surface area contributed by atoms with Crippen LogP contribution in [0.1, 0.15) is 41.4 Å². The Labute approximate surface area is 198 Å². The van der Waals surface area contributed by atoms with Crippen LogP contribution in [-0.2, 0) is 11.4 Å². The Morgan fingerprint density at radius 2 is 1.59 bits per heavy atom. The number of aromatic nitrogens is 1. The lowest BCUT2D eigenvalue weighted by Gasteiger charge is -2.17. The highest BCUT2D eigenvalue weighted by Crippen LogP contribution is 2.35. The molecule has 4 aromatic rings. The number of benzene rings is 3. The number of ether oxygens (including phenoxy) is 1. The second-order valence-electron chi connectivity index (χ2n) is 7.66. The Bertz CT molecular complexity index is 1270. The molecule has 0 aliphatic rings. The van der Waals surface area contributed by atoms with Crippen LogP contribution in [0, 0.1) is 0 Å². The van der Waals surface area contributed by atoms with Crippen LogP contribution >= 0.6 is 0 Å². The second-order valence-corrected chi connectivity index (χ2v) is 7.66. The molecule has 1 aromatic heterocycles. The van der Waals surface area contributed by atoms with Crippen molar-refractivity contribution in [2.24, 2.45) is 0 Å². The summed E-state index contributed by atoms with van der Waals surface area (Å²) >= 11 is 0. The van der Waals surface area contributed by atoms with Crippen LogP contribution in [0.25, 0.3) is 17.2 Å². The first-order valence-electron chi connectivity index (χ1n) is 11.1. The van der Waals surface area contributed by atoms with E-state index in [0.717, 1.165) is 40.5 Å². The summed E-state index contributed by atoms with van der Waals surface area (Å²) in [5, 5.41) is 12.6. The van der Waals surface area contributed by atoms with Crippen molar-refractivity contribution in [3.8, 4) is 5.75 Å². The number of hydrogen-bond acceptors (Lipinski definition) is 4. The number of nitrogens with zero attached hydrogens (tertiary/aromatic N) is 1. The van der Waals surface area contributed by atoms with Crippen molar-refractivity contribution >= 4 is 23.2 Å². The molecule has 0 amide bonds. The Balaban J connectivity index is 1.71. The second kappa shape index (κ2) is 11.0. The van der Waals surface area contributed by atoms with Crippen LogP contribution in [0.4, 0.5) is 0 Å². The molecular weight excluding hydrogens is 426 g/mol. The topological polar surface area (TPSA) is 72.6 Å². The van der Waals surface area contributed by atoms with Gasteiger partial charge in [0.25, 0.3) is 0 Å². The van der Waals surface area contributed by atoms with E-state index in [4.69, 9.17) is 14.4 Å². The molecule has 0 aliphatic carbocycles. The summed E-state index contributed by atoms with van der Waals surface area (Å²) in [6.07, 6.45) is 5.18. The lowest BCUT2D eigenvalue weighted by molar-refractivity contribution is -0.131. The number of allylic oxidation sites excluding steroid dienone is 1. The van der Waals surface area contributed by atoms with Crippen molar-refractivity contribution in [1.82, 2.24) is 5.16 Å². The van der Waals surface area contributed by atoms with E-state index in [0.29, 0.717) is 12.4 Å². The van der Waals surface area contributed by atoms with Crippen LogP contribution in [0.2, 0.25) is 0 Å². The van der Waals surface area contributed by atoms with Gasteiger partial charge >= 0.3 is 5.97 Å². The van der Waals surface area contributed by atoms with E-state index in [9.17, 15) is 4.79 Å². The molecule has 0 atom stereocenters. The van der Waals surface area contributed by atoms with Gasteiger partial charge in [-0.2, -0.15) is 0 Å². The van der Waals surface area contributed by atoms with Gasteiger partial charge in [-0.15, -0.1) is 0 Å². The Morgan fingerprint density at radius 3 is 2.18 bits per heavy atom. The maximum absolute atomic E-state index is 10.8. The normalized spacial score (nSPS) is 11.9. The van der Waals surface area contributed by atoms with Gasteiger partial charge in [-0.05, 0) is 58.0 Å². The van der Waals surface area contributed by atoms with E-state index in [1.807, 2.05) is 54.6 Å². The molecule has 0 spiro atoms. The first-order valence-corrected chi connectivity index (χ1v) is 11.1. The fourth-order valence-corrected chi connectivity index (χ4v) is 3.80. The highest BCUT2D eigenvalue weighted by Gasteiger charge is 2.13. The molecule has 0 bridgehead atoms. The number of carboxylic acids is 1. The molecule has 4 rings (SSSR count). The number of carbonyl (C=O) groups is 1. The molecule has 0 saturated heterocycles. The van der Waals surface area contributed by atoms with Crippen LogP contribution in [0.3, 0.4) is 0 Å². The van der Waals surface area contributed by atoms with Gasteiger partial charge in [0.1, 0.15) is 12.4 Å². The summed E-state index contributed by atoms with van der Waals surface area (Å²) in [6, 6.07) is 28.1. The van der Waals surface area contributed by atoms with Gasteiger partial charge in [0.15, 0.2) is 5.76 Å². The van der Waals surface area contributed by atoms with Gasteiger partial charge in [-0.3, -0.25) is 0 Å². The van der Waals surface area contributed by atoms with Gasteiger partial charge in [-0.1, -0.05) is 78.8 Å².